The summed E-state index contributed by atoms with van der Waals surface area (Å²) < 4.78 is 2.27. The van der Waals surface area contributed by atoms with E-state index in [1.54, 1.807) is 0 Å². The van der Waals surface area contributed by atoms with E-state index in [1.165, 1.54) is 0 Å². The van der Waals surface area contributed by atoms with Gasteiger partial charge in [-0.15, -0.1) is 0 Å². The third-order valence-corrected chi connectivity index (χ3v) is 3.55. The number of aromatic nitrogens is 1. The predicted octanol–water partition coefficient (Wildman–Crippen LogP) is 3.09. The second-order valence-corrected chi connectivity index (χ2v) is 6.48. The lowest BCUT2D eigenvalue weighted by atomic mass is 9.91. The van der Waals surface area contributed by atoms with Gasteiger partial charge in [-0.25, -0.2) is 0 Å². The van der Waals surface area contributed by atoms with E-state index < -0.39 is 0 Å². The quantitative estimate of drug-likeness (QED) is 0.789. The monoisotopic (exact) mass is 248 g/mol. The fraction of sp³-hybridized carbons (Fsp3) is 0.667. The van der Waals surface area contributed by atoms with Gasteiger partial charge in [0.05, 0.1) is 0 Å². The number of amides is 1. The summed E-state index contributed by atoms with van der Waals surface area (Å²) in [5.74, 6) is 0.313. The first-order chi connectivity index (χ1) is 8.46. The molecule has 18 heavy (non-hydrogen) atoms. The van der Waals surface area contributed by atoms with E-state index in [-0.39, 0.29) is 5.41 Å². The van der Waals surface area contributed by atoms with E-state index in [1.807, 2.05) is 4.90 Å². The minimum Gasteiger partial charge on any atom is -0.351 e. The smallest absolute Gasteiger partial charge is 0.223 e. The molecule has 0 aliphatic carbocycles. The van der Waals surface area contributed by atoms with Crippen molar-refractivity contribution >= 4 is 5.91 Å². The van der Waals surface area contributed by atoms with Crippen molar-refractivity contribution in [2.24, 2.45) is 5.41 Å². The molecular formula is C15H24N2O. The fourth-order valence-electron chi connectivity index (χ4n) is 2.57. The molecule has 3 nitrogen and oxygen atoms in total. The molecule has 1 saturated heterocycles. The maximum Gasteiger partial charge on any atom is 0.223 e. The molecule has 100 valence electrons. The number of likely N-dealkylation sites (tertiary alicyclic amines) is 1. The number of carbonyl (C=O) groups excluding carboxylic acids is 1. The van der Waals surface area contributed by atoms with Crippen molar-refractivity contribution in [1.82, 2.24) is 9.47 Å². The van der Waals surface area contributed by atoms with Crippen molar-refractivity contribution < 1.29 is 4.79 Å². The number of nitrogens with zero attached hydrogens (tertiary/aromatic N) is 2. The third-order valence-electron chi connectivity index (χ3n) is 3.55. The van der Waals surface area contributed by atoms with E-state index in [0.29, 0.717) is 18.4 Å². The first-order valence-electron chi connectivity index (χ1n) is 6.86. The molecule has 0 radical (unpaired) electrons. The highest BCUT2D eigenvalue weighted by Gasteiger charge is 2.26. The number of hydrogen-bond acceptors (Lipinski definition) is 1. The Morgan fingerprint density at radius 1 is 1.17 bits per heavy atom. The molecule has 0 unspecified atom stereocenters. The molecule has 1 fully saturated rings. The van der Waals surface area contributed by atoms with Gasteiger partial charge in [-0.3, -0.25) is 4.79 Å². The molecular weight excluding hydrogens is 224 g/mol. The Hall–Kier alpha value is -1.25. The molecule has 0 bridgehead atoms. The molecule has 2 heterocycles. The van der Waals surface area contributed by atoms with E-state index in [2.05, 4.69) is 49.9 Å². The van der Waals surface area contributed by atoms with Crippen LogP contribution in [0.2, 0.25) is 0 Å². The topological polar surface area (TPSA) is 25.2 Å². The van der Waals surface area contributed by atoms with Crippen molar-refractivity contribution in [2.45, 2.75) is 46.1 Å². The van der Waals surface area contributed by atoms with Gasteiger partial charge in [0.2, 0.25) is 5.91 Å². The molecule has 0 spiro atoms. The van der Waals surface area contributed by atoms with Gasteiger partial charge in [0.15, 0.2) is 0 Å². The Morgan fingerprint density at radius 3 is 2.22 bits per heavy atom. The Kier molecular flexibility index (Phi) is 3.79. The van der Waals surface area contributed by atoms with Crippen LogP contribution in [-0.2, 0) is 4.79 Å². The molecule has 1 aromatic heterocycles. The standard InChI is InChI=1S/C15H24N2O/c1-15(2,3)12-14(18)17-10-6-13(7-11-17)16-8-4-5-9-16/h4-5,8-9,13H,6-7,10-12H2,1-3H3. The van der Waals surface area contributed by atoms with Crippen molar-refractivity contribution in [1.29, 1.82) is 0 Å². The fourth-order valence-corrected chi connectivity index (χ4v) is 2.57. The Balaban J connectivity index is 1.85. The normalized spacial score (nSPS) is 18.1. The van der Waals surface area contributed by atoms with Crippen LogP contribution in [0.1, 0.15) is 46.1 Å². The molecule has 1 aromatic rings. The second-order valence-electron chi connectivity index (χ2n) is 6.48. The molecule has 3 heteroatoms. The largest absolute Gasteiger partial charge is 0.351 e. The first kappa shape index (κ1) is 13.2. The number of piperidine rings is 1. The summed E-state index contributed by atoms with van der Waals surface area (Å²) >= 11 is 0. The van der Waals surface area contributed by atoms with Gasteiger partial charge in [-0.1, -0.05) is 20.8 Å². The lowest BCUT2D eigenvalue weighted by Gasteiger charge is -2.34. The van der Waals surface area contributed by atoms with E-state index in [4.69, 9.17) is 0 Å². The van der Waals surface area contributed by atoms with Crippen molar-refractivity contribution in [3.63, 3.8) is 0 Å². The Morgan fingerprint density at radius 2 is 1.72 bits per heavy atom. The lowest BCUT2D eigenvalue weighted by molar-refractivity contribution is -0.134. The zero-order valence-corrected chi connectivity index (χ0v) is 11.7. The SMILES string of the molecule is CC(C)(C)CC(=O)N1CCC(n2cccc2)CC1. The van der Waals surface area contributed by atoms with Gasteiger partial charge in [-0.2, -0.15) is 0 Å². The molecule has 0 atom stereocenters. The summed E-state index contributed by atoms with van der Waals surface area (Å²) in [5, 5.41) is 0. The van der Waals surface area contributed by atoms with Gasteiger partial charge in [0, 0.05) is 37.9 Å². The maximum atomic E-state index is 12.1. The van der Waals surface area contributed by atoms with Crippen LogP contribution >= 0.6 is 0 Å². The third kappa shape index (κ3) is 3.37. The van der Waals surface area contributed by atoms with E-state index in [0.717, 1.165) is 25.9 Å². The van der Waals surface area contributed by atoms with Gasteiger partial charge in [0.25, 0.3) is 0 Å². The highest BCUT2D eigenvalue weighted by atomic mass is 16.2. The molecule has 0 saturated carbocycles. The zero-order valence-electron chi connectivity index (χ0n) is 11.7. The van der Waals surface area contributed by atoms with Crippen molar-refractivity contribution in [2.75, 3.05) is 13.1 Å². The summed E-state index contributed by atoms with van der Waals surface area (Å²) in [4.78, 5) is 14.2. The van der Waals surface area contributed by atoms with Gasteiger partial charge < -0.3 is 9.47 Å². The van der Waals surface area contributed by atoms with Gasteiger partial charge >= 0.3 is 0 Å². The van der Waals surface area contributed by atoms with Crippen LogP contribution in [0.15, 0.2) is 24.5 Å². The Bertz CT molecular complexity index is 381. The molecule has 1 aliphatic rings. The second kappa shape index (κ2) is 5.17. The van der Waals surface area contributed by atoms with Crippen LogP contribution in [-0.4, -0.2) is 28.5 Å². The van der Waals surface area contributed by atoms with Gasteiger partial charge in [0.1, 0.15) is 0 Å². The lowest BCUT2D eigenvalue weighted by Crippen LogP contribution is -2.40. The van der Waals surface area contributed by atoms with Crippen molar-refractivity contribution in [3.8, 4) is 0 Å². The number of carbonyl (C=O) groups is 1. The summed E-state index contributed by atoms with van der Waals surface area (Å²) in [6, 6.07) is 4.70. The maximum absolute atomic E-state index is 12.1. The Labute approximate surface area is 110 Å². The van der Waals surface area contributed by atoms with Crippen LogP contribution < -0.4 is 0 Å². The van der Waals surface area contributed by atoms with E-state index >= 15 is 0 Å². The predicted molar refractivity (Wildman–Crippen MR) is 73.4 cm³/mol. The number of hydrogen-bond donors (Lipinski definition) is 0. The van der Waals surface area contributed by atoms with Crippen LogP contribution in [0, 0.1) is 5.41 Å². The minimum absolute atomic E-state index is 0.0916. The average molecular weight is 248 g/mol. The van der Waals surface area contributed by atoms with E-state index in [9.17, 15) is 4.79 Å². The molecule has 0 N–H and O–H groups in total. The average Bonchev–Trinajstić information content (AvgIpc) is 2.80. The van der Waals surface area contributed by atoms with Crippen LogP contribution in [0.25, 0.3) is 0 Å². The van der Waals surface area contributed by atoms with Crippen LogP contribution in [0.5, 0.6) is 0 Å². The van der Waals surface area contributed by atoms with Crippen LogP contribution in [0.4, 0.5) is 0 Å². The summed E-state index contributed by atoms with van der Waals surface area (Å²) in [6.07, 6.45) is 7.05. The minimum atomic E-state index is 0.0916. The summed E-state index contributed by atoms with van der Waals surface area (Å²) in [7, 11) is 0. The molecule has 1 amide bonds. The summed E-state index contributed by atoms with van der Waals surface area (Å²) in [6.45, 7) is 8.17. The highest BCUT2D eigenvalue weighted by molar-refractivity contribution is 5.76. The first-order valence-corrected chi connectivity index (χ1v) is 6.86. The molecule has 0 aromatic carbocycles. The van der Waals surface area contributed by atoms with Crippen LogP contribution in [0.3, 0.4) is 0 Å². The number of rotatable bonds is 2. The molecule has 1 aliphatic heterocycles. The molecule has 2 rings (SSSR count). The van der Waals surface area contributed by atoms with Crippen molar-refractivity contribution in [3.05, 3.63) is 24.5 Å². The highest BCUT2D eigenvalue weighted by Crippen LogP contribution is 2.25. The zero-order chi connectivity index (χ0) is 13.2. The van der Waals surface area contributed by atoms with Gasteiger partial charge in [-0.05, 0) is 30.4 Å². The summed E-state index contributed by atoms with van der Waals surface area (Å²) in [5.41, 5.74) is 0.0916.